The Morgan fingerprint density at radius 3 is 1.14 bits per heavy atom. The van der Waals surface area contributed by atoms with Gasteiger partial charge in [0.15, 0.2) is 0 Å². The van der Waals surface area contributed by atoms with Crippen LogP contribution in [0.25, 0.3) is 0 Å². The lowest BCUT2D eigenvalue weighted by molar-refractivity contribution is -0.192. The van der Waals surface area contributed by atoms with E-state index in [1.165, 1.54) is 0 Å². The third-order valence-electron chi connectivity index (χ3n) is 0.644. The quantitative estimate of drug-likeness (QED) is 0.369. The van der Waals surface area contributed by atoms with Gasteiger partial charge >= 0.3 is 12.1 Å². The number of nitrogens with one attached hydrogen (secondary N) is 4. The van der Waals surface area contributed by atoms with Crippen LogP contribution in [0, 0.1) is 21.6 Å². The summed E-state index contributed by atoms with van der Waals surface area (Å²) in [5, 5.41) is 29.1. The Morgan fingerprint density at radius 1 is 0.955 bits per heavy atom. The summed E-state index contributed by atoms with van der Waals surface area (Å²) in [7, 11) is 0. The smallest absolute Gasteiger partial charge is 0.475 e. The van der Waals surface area contributed by atoms with Gasteiger partial charge in [-0.05, 0) is 47.6 Å². The standard InChI is InChI=1S/C5H10O2.C2HF3O2.4CH3N/c1-5(2,3)7-4-6;3-2(4,5)1(6)7;4*1-2/h4H,1-3H3;(H,6,7);4*2H,1H2. The largest absolute Gasteiger partial charge is 0.490 e. The molecule has 0 aliphatic carbocycles. The molecule has 5 N–H and O–H groups in total. The maximum absolute atomic E-state index is 10.6. The Morgan fingerprint density at radius 2 is 1.14 bits per heavy atom. The van der Waals surface area contributed by atoms with E-state index in [0.717, 1.165) is 0 Å². The predicted octanol–water partition coefficient (Wildman–Crippen LogP) is 2.65. The average Bonchev–Trinajstić information content (AvgIpc) is 2.46. The highest BCUT2D eigenvalue weighted by Gasteiger charge is 2.38. The van der Waals surface area contributed by atoms with Crippen molar-refractivity contribution in [3.05, 3.63) is 0 Å². The molecule has 0 aromatic carbocycles. The lowest BCUT2D eigenvalue weighted by Crippen LogP contribution is -2.21. The molecule has 0 aromatic heterocycles. The Balaban J connectivity index is -0.0000000400. The van der Waals surface area contributed by atoms with Crippen molar-refractivity contribution < 1.29 is 32.6 Å². The Bertz CT molecular complexity index is 251. The molecule has 0 fully saturated rings. The summed E-state index contributed by atoms with van der Waals surface area (Å²) in [6.07, 6.45) is -5.08. The van der Waals surface area contributed by atoms with E-state index < -0.39 is 12.1 Å². The van der Waals surface area contributed by atoms with E-state index in [4.69, 9.17) is 31.5 Å². The topological polar surface area (TPSA) is 159 Å². The van der Waals surface area contributed by atoms with E-state index in [-0.39, 0.29) is 5.60 Å². The Kier molecular flexibility index (Phi) is 44.7. The van der Waals surface area contributed by atoms with Gasteiger partial charge in [0.25, 0.3) is 6.47 Å². The molecule has 0 radical (unpaired) electrons. The fourth-order valence-corrected chi connectivity index (χ4v) is 0.144. The van der Waals surface area contributed by atoms with E-state index in [9.17, 15) is 18.0 Å². The Labute approximate surface area is 127 Å². The molecule has 132 valence electrons. The van der Waals surface area contributed by atoms with Gasteiger partial charge in [-0.1, -0.05) is 0 Å². The van der Waals surface area contributed by atoms with Crippen molar-refractivity contribution in [3.63, 3.8) is 0 Å². The van der Waals surface area contributed by atoms with Crippen molar-refractivity contribution >= 4 is 39.3 Å². The van der Waals surface area contributed by atoms with Crippen LogP contribution in [-0.4, -0.2) is 56.2 Å². The van der Waals surface area contributed by atoms with Gasteiger partial charge < -0.3 is 31.5 Å². The van der Waals surface area contributed by atoms with Gasteiger partial charge in [-0.15, -0.1) is 0 Å². The predicted molar refractivity (Wildman–Crippen MR) is 80.0 cm³/mol. The molecule has 0 aromatic rings. The van der Waals surface area contributed by atoms with Crippen molar-refractivity contribution in [2.45, 2.75) is 32.5 Å². The van der Waals surface area contributed by atoms with Crippen LogP contribution in [0.2, 0.25) is 0 Å². The fraction of sp³-hybridized carbons (Fsp3) is 0.455. The van der Waals surface area contributed by atoms with Gasteiger partial charge in [-0.3, -0.25) is 4.79 Å². The summed E-state index contributed by atoms with van der Waals surface area (Å²) in [5.74, 6) is -2.76. The van der Waals surface area contributed by atoms with Crippen molar-refractivity contribution in [2.24, 2.45) is 0 Å². The molecule has 22 heavy (non-hydrogen) atoms. The van der Waals surface area contributed by atoms with E-state index in [0.29, 0.717) is 6.47 Å². The molecule has 0 saturated carbocycles. The van der Waals surface area contributed by atoms with Crippen LogP contribution >= 0.6 is 0 Å². The molecule has 0 rings (SSSR count). The summed E-state index contributed by atoms with van der Waals surface area (Å²) < 4.78 is 36.3. The van der Waals surface area contributed by atoms with Gasteiger partial charge in [0.1, 0.15) is 5.60 Å². The lowest BCUT2D eigenvalue weighted by Gasteiger charge is -2.14. The number of carbonyl (C=O) groups excluding carboxylic acids is 1. The molecule has 0 aliphatic heterocycles. The first-order valence-electron chi connectivity index (χ1n) is 4.83. The first-order valence-corrected chi connectivity index (χ1v) is 4.83. The van der Waals surface area contributed by atoms with E-state index >= 15 is 0 Å². The monoisotopic (exact) mass is 332 g/mol. The molecule has 11 heteroatoms. The minimum atomic E-state index is -5.08. The lowest BCUT2D eigenvalue weighted by atomic mass is 10.2. The number of rotatable bonds is 1. The Hall–Kier alpha value is -2.59. The third-order valence-corrected chi connectivity index (χ3v) is 0.644. The molecular formula is C11H23F3N4O4. The number of hydrogen-bond acceptors (Lipinski definition) is 7. The zero-order chi connectivity index (χ0) is 20.0. The molecule has 0 spiro atoms. The van der Waals surface area contributed by atoms with Crippen molar-refractivity contribution in [2.75, 3.05) is 0 Å². The summed E-state index contributed by atoms with van der Waals surface area (Å²) >= 11 is 0. The van der Waals surface area contributed by atoms with Gasteiger partial charge in [-0.2, -0.15) is 13.2 Å². The number of hydrogen-bond donors (Lipinski definition) is 5. The molecule has 0 saturated heterocycles. The van der Waals surface area contributed by atoms with Crippen LogP contribution in [-0.2, 0) is 14.3 Å². The number of carboxylic acid groups (broad SMARTS) is 1. The second kappa shape index (κ2) is 26.9. The highest BCUT2D eigenvalue weighted by molar-refractivity contribution is 5.73. The summed E-state index contributed by atoms with van der Waals surface area (Å²) in [5.41, 5.74) is -0.318. The maximum Gasteiger partial charge on any atom is 0.490 e. The van der Waals surface area contributed by atoms with Crippen LogP contribution in [0.3, 0.4) is 0 Å². The van der Waals surface area contributed by atoms with Crippen LogP contribution in [0.4, 0.5) is 13.2 Å². The second-order valence-corrected chi connectivity index (χ2v) is 3.13. The molecule has 0 amide bonds. The van der Waals surface area contributed by atoms with E-state index in [1.54, 1.807) is 0 Å². The number of ether oxygens (including phenoxy) is 1. The SMILES string of the molecule is C=N.C=N.C=N.C=N.CC(C)(C)OC=O.O=C(O)C(F)(F)F. The summed E-state index contributed by atoms with van der Waals surface area (Å²) in [6.45, 7) is 15.9. The second-order valence-electron chi connectivity index (χ2n) is 3.13. The van der Waals surface area contributed by atoms with Crippen molar-refractivity contribution in [3.8, 4) is 0 Å². The van der Waals surface area contributed by atoms with Crippen LogP contribution < -0.4 is 0 Å². The van der Waals surface area contributed by atoms with Gasteiger partial charge in [-0.25, -0.2) is 4.79 Å². The zero-order valence-corrected chi connectivity index (χ0v) is 12.7. The molecule has 0 atom stereocenters. The molecule has 0 bridgehead atoms. The van der Waals surface area contributed by atoms with Gasteiger partial charge in [0.05, 0.1) is 0 Å². The number of aliphatic carboxylic acids is 1. The molecule has 0 aliphatic rings. The average molecular weight is 332 g/mol. The summed E-state index contributed by atoms with van der Waals surface area (Å²) in [4.78, 5) is 18.5. The van der Waals surface area contributed by atoms with Gasteiger partial charge in [0, 0.05) is 0 Å². The molecular weight excluding hydrogens is 309 g/mol. The van der Waals surface area contributed by atoms with Crippen molar-refractivity contribution in [1.29, 1.82) is 21.6 Å². The first kappa shape index (κ1) is 36.6. The third kappa shape index (κ3) is 85.4. The number of carbonyl (C=O) groups is 2. The summed E-state index contributed by atoms with van der Waals surface area (Å²) in [6, 6.07) is 0. The van der Waals surface area contributed by atoms with Gasteiger partial charge in [0.2, 0.25) is 0 Å². The maximum atomic E-state index is 10.6. The normalized spacial score (nSPS) is 7.73. The number of carboxylic acids is 1. The highest BCUT2D eigenvalue weighted by atomic mass is 19.4. The zero-order valence-electron chi connectivity index (χ0n) is 12.7. The van der Waals surface area contributed by atoms with Crippen molar-refractivity contribution in [1.82, 2.24) is 0 Å². The van der Waals surface area contributed by atoms with Crippen LogP contribution in [0.15, 0.2) is 0 Å². The fourth-order valence-electron chi connectivity index (χ4n) is 0.144. The first-order chi connectivity index (χ1) is 10.0. The minimum Gasteiger partial charge on any atom is -0.475 e. The molecule has 0 heterocycles. The van der Waals surface area contributed by atoms with E-state index in [1.807, 2.05) is 20.8 Å². The molecule has 0 unspecified atom stereocenters. The van der Waals surface area contributed by atoms with Crippen LogP contribution in [0.5, 0.6) is 0 Å². The number of halogens is 3. The van der Waals surface area contributed by atoms with E-state index in [2.05, 4.69) is 31.6 Å². The molecule has 8 nitrogen and oxygen atoms in total. The minimum absolute atomic E-state index is 0.318. The van der Waals surface area contributed by atoms with Crippen LogP contribution in [0.1, 0.15) is 20.8 Å². The number of alkyl halides is 3. The highest BCUT2D eigenvalue weighted by Crippen LogP contribution is 2.13.